The summed E-state index contributed by atoms with van der Waals surface area (Å²) in [7, 11) is 0. The number of benzene rings is 1. The average Bonchev–Trinajstić information content (AvgIpc) is 2.43. The molecule has 2 N–H and O–H groups in total. The van der Waals surface area contributed by atoms with Gasteiger partial charge < -0.3 is 15.4 Å². The Hall–Kier alpha value is -0.490. The van der Waals surface area contributed by atoms with Crippen LogP contribution in [0, 0.1) is 5.82 Å². The molecule has 1 aromatic rings. The Morgan fingerprint density at radius 1 is 1.42 bits per heavy atom. The fourth-order valence-corrected chi connectivity index (χ4v) is 2.57. The molecule has 1 aliphatic heterocycles. The van der Waals surface area contributed by atoms with E-state index in [9.17, 15) is 4.39 Å². The van der Waals surface area contributed by atoms with Crippen LogP contribution in [0.1, 0.15) is 12.0 Å². The van der Waals surface area contributed by atoms with E-state index in [4.69, 9.17) is 4.74 Å². The lowest BCUT2D eigenvalue weighted by Gasteiger charge is -2.23. The Morgan fingerprint density at radius 3 is 3.11 bits per heavy atom. The Morgan fingerprint density at radius 2 is 2.32 bits per heavy atom. The summed E-state index contributed by atoms with van der Waals surface area (Å²) >= 11 is 3.36. The summed E-state index contributed by atoms with van der Waals surface area (Å²) in [4.78, 5) is 0. The molecule has 0 spiro atoms. The van der Waals surface area contributed by atoms with E-state index in [1.165, 1.54) is 6.07 Å². The molecule has 1 fully saturated rings. The van der Waals surface area contributed by atoms with E-state index < -0.39 is 0 Å². The lowest BCUT2D eigenvalue weighted by atomic mass is 10.1. The normalized spacial score (nSPS) is 19.6. The van der Waals surface area contributed by atoms with Gasteiger partial charge in [-0.3, -0.25) is 0 Å². The zero-order chi connectivity index (χ0) is 13.5. The molecule has 0 bridgehead atoms. The minimum Gasteiger partial charge on any atom is -0.379 e. The van der Waals surface area contributed by atoms with Crippen LogP contribution in [0.5, 0.6) is 0 Å². The standard InChI is InChI=1S/C14H20BrFN2O/c15-12-1-2-14(16)11(9-12)3-5-17-6-4-13-10-19-8-7-18-13/h1-2,9,13,17-18H,3-8,10H2. The first-order valence-corrected chi connectivity index (χ1v) is 7.51. The first-order valence-electron chi connectivity index (χ1n) is 6.71. The highest BCUT2D eigenvalue weighted by atomic mass is 79.9. The molecule has 1 aliphatic rings. The Kier molecular flexibility index (Phi) is 6.23. The van der Waals surface area contributed by atoms with E-state index in [1.807, 2.05) is 6.07 Å². The average molecular weight is 331 g/mol. The van der Waals surface area contributed by atoms with Gasteiger partial charge in [-0.05, 0) is 49.7 Å². The number of hydrogen-bond donors (Lipinski definition) is 2. The molecule has 1 unspecified atom stereocenters. The third kappa shape index (κ3) is 5.18. The van der Waals surface area contributed by atoms with Gasteiger partial charge in [-0.1, -0.05) is 15.9 Å². The Labute approximate surface area is 122 Å². The van der Waals surface area contributed by atoms with E-state index in [0.717, 1.165) is 49.3 Å². The molecule has 0 aromatic heterocycles. The van der Waals surface area contributed by atoms with Crippen LogP contribution in [-0.2, 0) is 11.2 Å². The van der Waals surface area contributed by atoms with Crippen LogP contribution >= 0.6 is 15.9 Å². The number of rotatable bonds is 6. The van der Waals surface area contributed by atoms with E-state index in [0.29, 0.717) is 12.5 Å². The number of ether oxygens (including phenoxy) is 1. The number of morpholine rings is 1. The van der Waals surface area contributed by atoms with Crippen LogP contribution in [-0.4, -0.2) is 38.9 Å². The van der Waals surface area contributed by atoms with Gasteiger partial charge in [-0.15, -0.1) is 0 Å². The number of hydrogen-bond acceptors (Lipinski definition) is 3. The summed E-state index contributed by atoms with van der Waals surface area (Å²) in [6.45, 7) is 4.26. The lowest BCUT2D eigenvalue weighted by molar-refractivity contribution is 0.0743. The van der Waals surface area contributed by atoms with Crippen molar-refractivity contribution < 1.29 is 9.13 Å². The van der Waals surface area contributed by atoms with Gasteiger partial charge in [0, 0.05) is 17.1 Å². The molecule has 3 nitrogen and oxygen atoms in total. The molecule has 0 amide bonds. The van der Waals surface area contributed by atoms with Crippen LogP contribution in [0.2, 0.25) is 0 Å². The maximum absolute atomic E-state index is 13.5. The van der Waals surface area contributed by atoms with E-state index in [1.54, 1.807) is 6.07 Å². The second-order valence-electron chi connectivity index (χ2n) is 4.75. The third-order valence-electron chi connectivity index (χ3n) is 3.25. The molecule has 5 heteroatoms. The van der Waals surface area contributed by atoms with Crippen molar-refractivity contribution in [1.82, 2.24) is 10.6 Å². The van der Waals surface area contributed by atoms with Gasteiger partial charge >= 0.3 is 0 Å². The van der Waals surface area contributed by atoms with Crippen LogP contribution in [0.4, 0.5) is 4.39 Å². The molecular weight excluding hydrogens is 311 g/mol. The van der Waals surface area contributed by atoms with Crippen LogP contribution in [0.15, 0.2) is 22.7 Å². The van der Waals surface area contributed by atoms with E-state index in [2.05, 4.69) is 26.6 Å². The van der Waals surface area contributed by atoms with Crippen molar-refractivity contribution in [3.05, 3.63) is 34.1 Å². The molecule has 19 heavy (non-hydrogen) atoms. The van der Waals surface area contributed by atoms with Crippen molar-refractivity contribution in [3.63, 3.8) is 0 Å². The fraction of sp³-hybridized carbons (Fsp3) is 0.571. The zero-order valence-electron chi connectivity index (χ0n) is 10.9. The van der Waals surface area contributed by atoms with E-state index >= 15 is 0 Å². The Balaban J connectivity index is 1.62. The van der Waals surface area contributed by atoms with Crippen molar-refractivity contribution in [1.29, 1.82) is 0 Å². The highest BCUT2D eigenvalue weighted by Gasteiger charge is 2.11. The van der Waals surface area contributed by atoms with E-state index in [-0.39, 0.29) is 5.82 Å². The van der Waals surface area contributed by atoms with Crippen molar-refractivity contribution >= 4 is 15.9 Å². The minimum atomic E-state index is -0.132. The van der Waals surface area contributed by atoms with Crippen LogP contribution in [0.25, 0.3) is 0 Å². The van der Waals surface area contributed by atoms with Gasteiger partial charge in [-0.2, -0.15) is 0 Å². The number of halogens is 2. The van der Waals surface area contributed by atoms with Gasteiger partial charge in [0.05, 0.1) is 13.2 Å². The fourth-order valence-electron chi connectivity index (χ4n) is 2.16. The SMILES string of the molecule is Fc1ccc(Br)cc1CCNCCC1COCCN1. The highest BCUT2D eigenvalue weighted by Crippen LogP contribution is 2.15. The topological polar surface area (TPSA) is 33.3 Å². The molecule has 106 valence electrons. The predicted molar refractivity (Wildman–Crippen MR) is 77.9 cm³/mol. The number of nitrogens with one attached hydrogen (secondary N) is 2. The van der Waals surface area contributed by atoms with Gasteiger partial charge in [0.1, 0.15) is 5.82 Å². The third-order valence-corrected chi connectivity index (χ3v) is 3.74. The monoisotopic (exact) mass is 330 g/mol. The molecule has 0 saturated carbocycles. The van der Waals surface area contributed by atoms with Gasteiger partial charge in [0.25, 0.3) is 0 Å². The quantitative estimate of drug-likeness (QED) is 0.784. The van der Waals surface area contributed by atoms with Crippen LogP contribution < -0.4 is 10.6 Å². The zero-order valence-corrected chi connectivity index (χ0v) is 12.5. The molecule has 1 saturated heterocycles. The predicted octanol–water partition coefficient (Wildman–Crippen LogP) is 2.10. The van der Waals surface area contributed by atoms with Crippen molar-refractivity contribution in [2.24, 2.45) is 0 Å². The molecule has 2 rings (SSSR count). The second-order valence-corrected chi connectivity index (χ2v) is 5.67. The Bertz CT molecular complexity index is 397. The molecule has 1 atom stereocenters. The van der Waals surface area contributed by atoms with Gasteiger partial charge in [0.15, 0.2) is 0 Å². The molecule has 0 aliphatic carbocycles. The molecular formula is C14H20BrFN2O. The maximum atomic E-state index is 13.5. The summed E-state index contributed by atoms with van der Waals surface area (Å²) in [5.41, 5.74) is 0.751. The van der Waals surface area contributed by atoms with Gasteiger partial charge in [0.2, 0.25) is 0 Å². The first kappa shape index (κ1) is 14.9. The smallest absolute Gasteiger partial charge is 0.126 e. The minimum absolute atomic E-state index is 0.132. The largest absolute Gasteiger partial charge is 0.379 e. The molecule has 1 aromatic carbocycles. The summed E-state index contributed by atoms with van der Waals surface area (Å²) < 4.78 is 19.8. The summed E-state index contributed by atoms with van der Waals surface area (Å²) in [5.74, 6) is -0.132. The summed E-state index contributed by atoms with van der Waals surface area (Å²) in [6.07, 6.45) is 1.75. The summed E-state index contributed by atoms with van der Waals surface area (Å²) in [5, 5.41) is 6.76. The maximum Gasteiger partial charge on any atom is 0.126 e. The van der Waals surface area contributed by atoms with Crippen molar-refractivity contribution in [2.75, 3.05) is 32.8 Å². The molecule has 1 heterocycles. The lowest BCUT2D eigenvalue weighted by Crippen LogP contribution is -2.42. The second kappa shape index (κ2) is 7.94. The molecule has 0 radical (unpaired) electrons. The first-order chi connectivity index (χ1) is 9.25. The summed E-state index contributed by atoms with van der Waals surface area (Å²) in [6, 6.07) is 5.51. The van der Waals surface area contributed by atoms with Crippen molar-refractivity contribution in [2.45, 2.75) is 18.9 Å². The van der Waals surface area contributed by atoms with Gasteiger partial charge in [-0.25, -0.2) is 4.39 Å². The highest BCUT2D eigenvalue weighted by molar-refractivity contribution is 9.10. The van der Waals surface area contributed by atoms with Crippen molar-refractivity contribution in [3.8, 4) is 0 Å². The van der Waals surface area contributed by atoms with Crippen LogP contribution in [0.3, 0.4) is 0 Å².